The second-order valence-corrected chi connectivity index (χ2v) is 6.95. The van der Waals surface area contributed by atoms with Crippen molar-refractivity contribution in [1.29, 1.82) is 0 Å². The van der Waals surface area contributed by atoms with Crippen molar-refractivity contribution in [3.63, 3.8) is 0 Å². The molecule has 6 heteroatoms. The van der Waals surface area contributed by atoms with Crippen LogP contribution in [0.4, 0.5) is 0 Å². The zero-order chi connectivity index (χ0) is 16.9. The number of carbonyl (C=O) groups excluding carboxylic acids is 1. The summed E-state index contributed by atoms with van der Waals surface area (Å²) in [4.78, 5) is 16.5. The average Bonchev–Trinajstić information content (AvgIpc) is 3.25. The molecule has 0 aliphatic carbocycles. The maximum absolute atomic E-state index is 12.1. The third-order valence-electron chi connectivity index (χ3n) is 4.14. The lowest BCUT2D eigenvalue weighted by Gasteiger charge is -2.09. The average molecular weight is 346 g/mol. The largest absolute Gasteiger partial charge is 0.486 e. The van der Waals surface area contributed by atoms with Crippen LogP contribution in [0, 0.1) is 13.8 Å². The first kappa shape index (κ1) is 16.9. The second kappa shape index (κ2) is 7.77. The quantitative estimate of drug-likeness (QED) is 0.872. The Morgan fingerprint density at radius 1 is 1.42 bits per heavy atom. The number of aryl methyl sites for hydroxylation is 2. The zero-order valence-electron chi connectivity index (χ0n) is 14.0. The molecule has 0 radical (unpaired) electrons. The number of thiazole rings is 1. The topological polar surface area (TPSA) is 60.5 Å². The number of nitrogens with one attached hydrogen (secondary N) is 1. The Labute approximate surface area is 146 Å². The molecule has 2 aromatic rings. The first-order valence-corrected chi connectivity index (χ1v) is 9.04. The molecule has 1 fully saturated rings. The molecule has 24 heavy (non-hydrogen) atoms. The SMILES string of the molecule is Cc1ccc(OCc2nc(C(=O)NCC3CCCO3)cs2)cc1C. The number of nitrogens with zero attached hydrogens (tertiary/aromatic N) is 1. The highest BCUT2D eigenvalue weighted by Crippen LogP contribution is 2.19. The molecule has 1 aliphatic heterocycles. The van der Waals surface area contributed by atoms with Gasteiger partial charge in [0.1, 0.15) is 23.1 Å². The van der Waals surface area contributed by atoms with Crippen molar-refractivity contribution in [3.8, 4) is 5.75 Å². The molecule has 1 unspecified atom stereocenters. The van der Waals surface area contributed by atoms with Crippen LogP contribution in [-0.2, 0) is 11.3 Å². The van der Waals surface area contributed by atoms with Crippen molar-refractivity contribution in [2.75, 3.05) is 13.2 Å². The minimum Gasteiger partial charge on any atom is -0.486 e. The monoisotopic (exact) mass is 346 g/mol. The van der Waals surface area contributed by atoms with E-state index in [-0.39, 0.29) is 12.0 Å². The van der Waals surface area contributed by atoms with E-state index in [1.807, 2.05) is 18.2 Å². The number of hydrogen-bond donors (Lipinski definition) is 1. The molecule has 1 amide bonds. The van der Waals surface area contributed by atoms with Crippen LogP contribution < -0.4 is 10.1 Å². The molecule has 1 saturated heterocycles. The van der Waals surface area contributed by atoms with Crippen LogP contribution in [-0.4, -0.2) is 30.1 Å². The molecule has 1 aromatic carbocycles. The van der Waals surface area contributed by atoms with E-state index in [4.69, 9.17) is 9.47 Å². The Bertz CT molecular complexity index is 708. The molecule has 128 valence electrons. The Kier molecular flexibility index (Phi) is 5.48. The fraction of sp³-hybridized carbons (Fsp3) is 0.444. The normalized spacial score (nSPS) is 17.0. The summed E-state index contributed by atoms with van der Waals surface area (Å²) in [6.07, 6.45) is 2.21. The van der Waals surface area contributed by atoms with Crippen molar-refractivity contribution in [2.45, 2.75) is 39.4 Å². The smallest absolute Gasteiger partial charge is 0.270 e. The summed E-state index contributed by atoms with van der Waals surface area (Å²) in [5, 5.41) is 5.44. The third kappa shape index (κ3) is 4.33. The Morgan fingerprint density at radius 2 is 2.29 bits per heavy atom. The van der Waals surface area contributed by atoms with Gasteiger partial charge in [0.05, 0.1) is 6.10 Å². The number of amides is 1. The maximum Gasteiger partial charge on any atom is 0.270 e. The van der Waals surface area contributed by atoms with Crippen molar-refractivity contribution >= 4 is 17.2 Å². The molecule has 2 heterocycles. The van der Waals surface area contributed by atoms with E-state index < -0.39 is 0 Å². The van der Waals surface area contributed by atoms with Crippen molar-refractivity contribution in [3.05, 3.63) is 45.4 Å². The summed E-state index contributed by atoms with van der Waals surface area (Å²) in [6, 6.07) is 6.00. The van der Waals surface area contributed by atoms with E-state index in [1.165, 1.54) is 22.5 Å². The van der Waals surface area contributed by atoms with Crippen LogP contribution in [0.2, 0.25) is 0 Å². The van der Waals surface area contributed by atoms with Gasteiger partial charge in [-0.15, -0.1) is 11.3 Å². The van der Waals surface area contributed by atoms with Crippen LogP contribution in [0.5, 0.6) is 5.75 Å². The molecule has 0 spiro atoms. The summed E-state index contributed by atoms with van der Waals surface area (Å²) in [5.74, 6) is 0.664. The van der Waals surface area contributed by atoms with Gasteiger partial charge in [0, 0.05) is 18.5 Å². The lowest BCUT2D eigenvalue weighted by molar-refractivity contribution is 0.0854. The lowest BCUT2D eigenvalue weighted by atomic mass is 10.1. The van der Waals surface area contributed by atoms with Gasteiger partial charge in [0.25, 0.3) is 5.91 Å². The molecule has 0 saturated carbocycles. The minimum absolute atomic E-state index is 0.139. The number of benzene rings is 1. The first-order chi connectivity index (χ1) is 11.6. The van der Waals surface area contributed by atoms with Crippen LogP contribution in [0.15, 0.2) is 23.6 Å². The molecule has 1 atom stereocenters. The van der Waals surface area contributed by atoms with E-state index in [2.05, 4.69) is 24.1 Å². The van der Waals surface area contributed by atoms with Gasteiger partial charge in [-0.2, -0.15) is 0 Å². The van der Waals surface area contributed by atoms with Crippen LogP contribution in [0.25, 0.3) is 0 Å². The number of ether oxygens (including phenoxy) is 2. The lowest BCUT2D eigenvalue weighted by Crippen LogP contribution is -2.31. The van der Waals surface area contributed by atoms with Crippen molar-refractivity contribution in [2.24, 2.45) is 0 Å². The predicted molar refractivity (Wildman–Crippen MR) is 93.7 cm³/mol. The van der Waals surface area contributed by atoms with Gasteiger partial charge < -0.3 is 14.8 Å². The molecule has 1 N–H and O–H groups in total. The Balaban J connectivity index is 1.50. The number of carbonyl (C=O) groups is 1. The molecule has 5 nitrogen and oxygen atoms in total. The molecule has 1 aromatic heterocycles. The summed E-state index contributed by atoms with van der Waals surface area (Å²) in [5.41, 5.74) is 2.87. The summed E-state index contributed by atoms with van der Waals surface area (Å²) in [6.45, 7) is 5.83. The van der Waals surface area contributed by atoms with E-state index in [9.17, 15) is 4.79 Å². The van der Waals surface area contributed by atoms with E-state index >= 15 is 0 Å². The molecule has 0 bridgehead atoms. The van der Waals surface area contributed by atoms with Gasteiger partial charge in [-0.1, -0.05) is 6.07 Å². The predicted octanol–water partition coefficient (Wildman–Crippen LogP) is 3.25. The van der Waals surface area contributed by atoms with Crippen LogP contribution in [0.3, 0.4) is 0 Å². The van der Waals surface area contributed by atoms with Crippen molar-refractivity contribution in [1.82, 2.24) is 10.3 Å². The Hall–Kier alpha value is -1.92. The maximum atomic E-state index is 12.1. The van der Waals surface area contributed by atoms with Gasteiger partial charge in [-0.05, 0) is 49.9 Å². The van der Waals surface area contributed by atoms with Gasteiger partial charge in [-0.3, -0.25) is 4.79 Å². The molecular weight excluding hydrogens is 324 g/mol. The Morgan fingerprint density at radius 3 is 3.04 bits per heavy atom. The van der Waals surface area contributed by atoms with Crippen molar-refractivity contribution < 1.29 is 14.3 Å². The molecule has 3 rings (SSSR count). The highest BCUT2D eigenvalue weighted by atomic mass is 32.1. The fourth-order valence-corrected chi connectivity index (χ4v) is 3.22. The summed E-state index contributed by atoms with van der Waals surface area (Å²) >= 11 is 1.43. The van der Waals surface area contributed by atoms with Gasteiger partial charge in [0.15, 0.2) is 0 Å². The number of aromatic nitrogens is 1. The number of rotatable bonds is 6. The highest BCUT2D eigenvalue weighted by molar-refractivity contribution is 7.09. The van der Waals surface area contributed by atoms with E-state index in [1.54, 1.807) is 5.38 Å². The first-order valence-electron chi connectivity index (χ1n) is 8.16. The van der Waals surface area contributed by atoms with Gasteiger partial charge in [0.2, 0.25) is 0 Å². The highest BCUT2D eigenvalue weighted by Gasteiger charge is 2.18. The van der Waals surface area contributed by atoms with Crippen LogP contribution in [0.1, 0.15) is 39.5 Å². The summed E-state index contributed by atoms with van der Waals surface area (Å²) in [7, 11) is 0. The molecular formula is C18H22N2O3S. The second-order valence-electron chi connectivity index (χ2n) is 6.01. The molecule has 1 aliphatic rings. The summed E-state index contributed by atoms with van der Waals surface area (Å²) < 4.78 is 11.3. The number of hydrogen-bond acceptors (Lipinski definition) is 5. The van der Waals surface area contributed by atoms with E-state index in [0.717, 1.165) is 30.2 Å². The van der Waals surface area contributed by atoms with Gasteiger partial charge >= 0.3 is 0 Å². The third-order valence-corrected chi connectivity index (χ3v) is 4.96. The standard InChI is InChI=1S/C18H22N2O3S/c1-12-5-6-14(8-13(12)2)23-10-17-20-16(11-24-17)18(21)19-9-15-4-3-7-22-15/h5-6,8,11,15H,3-4,7,9-10H2,1-2H3,(H,19,21). The fourth-order valence-electron chi connectivity index (χ4n) is 2.53. The zero-order valence-corrected chi connectivity index (χ0v) is 14.8. The van der Waals surface area contributed by atoms with Gasteiger partial charge in [-0.25, -0.2) is 4.98 Å². The van der Waals surface area contributed by atoms with Crippen LogP contribution >= 0.6 is 11.3 Å². The minimum atomic E-state index is -0.154. The van der Waals surface area contributed by atoms with E-state index in [0.29, 0.717) is 18.8 Å².